The summed E-state index contributed by atoms with van der Waals surface area (Å²) in [6.45, 7) is 6.94. The number of hydrogen-bond donors (Lipinski definition) is 1. The smallest absolute Gasteiger partial charge is 0.162 e. The first-order valence-electron chi connectivity index (χ1n) is 4.70. The van der Waals surface area contributed by atoms with E-state index >= 15 is 0 Å². The quantitative estimate of drug-likeness (QED) is 0.715. The third-order valence-electron chi connectivity index (χ3n) is 2.32. The Bertz CT molecular complexity index is 189. The van der Waals surface area contributed by atoms with Gasteiger partial charge >= 0.3 is 0 Å². The highest BCUT2D eigenvalue weighted by atomic mass is 16.5. The Morgan fingerprint density at radius 1 is 1.54 bits per heavy atom. The van der Waals surface area contributed by atoms with E-state index < -0.39 is 6.10 Å². The topological polar surface area (TPSA) is 46.5 Å². The SMILES string of the molecule is CC(C)(C)[C@@H](O)C(=O)CC1COC1. The standard InChI is InChI=1S/C10H18O3/c1-10(2,3)9(12)8(11)4-7-5-13-6-7/h7,9,12H,4-6H2,1-3H3/t9-/m0/s1. The van der Waals surface area contributed by atoms with E-state index in [0.717, 1.165) is 0 Å². The van der Waals surface area contributed by atoms with E-state index in [9.17, 15) is 9.90 Å². The molecule has 1 aliphatic rings. The highest BCUT2D eigenvalue weighted by Gasteiger charge is 2.32. The Labute approximate surface area is 79.1 Å². The van der Waals surface area contributed by atoms with Crippen molar-refractivity contribution in [3.05, 3.63) is 0 Å². The molecule has 1 heterocycles. The molecule has 76 valence electrons. The van der Waals surface area contributed by atoms with Crippen LogP contribution in [-0.4, -0.2) is 30.2 Å². The second kappa shape index (κ2) is 3.76. The lowest BCUT2D eigenvalue weighted by Crippen LogP contribution is -2.38. The minimum atomic E-state index is -0.840. The lowest BCUT2D eigenvalue weighted by molar-refractivity contribution is -0.137. The highest BCUT2D eigenvalue weighted by molar-refractivity contribution is 5.83. The van der Waals surface area contributed by atoms with Crippen LogP contribution in [0.2, 0.25) is 0 Å². The van der Waals surface area contributed by atoms with E-state index in [4.69, 9.17) is 4.74 Å². The summed E-state index contributed by atoms with van der Waals surface area (Å²) in [5, 5.41) is 9.63. The number of aliphatic hydroxyl groups excluding tert-OH is 1. The Morgan fingerprint density at radius 3 is 2.38 bits per heavy atom. The largest absolute Gasteiger partial charge is 0.385 e. The van der Waals surface area contributed by atoms with Gasteiger partial charge in [-0.25, -0.2) is 0 Å². The maximum Gasteiger partial charge on any atom is 0.162 e. The Hall–Kier alpha value is -0.410. The van der Waals surface area contributed by atoms with E-state index in [-0.39, 0.29) is 11.2 Å². The first-order chi connectivity index (χ1) is 5.91. The number of Topliss-reactive ketones (excluding diaryl/α,β-unsaturated/α-hetero) is 1. The molecule has 1 fully saturated rings. The molecule has 0 unspecified atom stereocenters. The van der Waals surface area contributed by atoms with Gasteiger partial charge in [-0.15, -0.1) is 0 Å². The van der Waals surface area contributed by atoms with E-state index in [2.05, 4.69) is 0 Å². The van der Waals surface area contributed by atoms with Crippen molar-refractivity contribution in [1.29, 1.82) is 0 Å². The minimum absolute atomic E-state index is 0.0548. The van der Waals surface area contributed by atoms with Gasteiger partial charge in [0.1, 0.15) is 6.10 Å². The number of carbonyl (C=O) groups is 1. The summed E-state index contributed by atoms with van der Waals surface area (Å²) in [6.07, 6.45) is -0.383. The van der Waals surface area contributed by atoms with Crippen LogP contribution in [0.1, 0.15) is 27.2 Å². The van der Waals surface area contributed by atoms with Crippen LogP contribution in [0.3, 0.4) is 0 Å². The normalized spacial score (nSPS) is 20.9. The fraction of sp³-hybridized carbons (Fsp3) is 0.900. The lowest BCUT2D eigenvalue weighted by atomic mass is 9.83. The van der Waals surface area contributed by atoms with Crippen molar-refractivity contribution >= 4 is 5.78 Å². The molecule has 0 aliphatic carbocycles. The molecule has 1 atom stereocenters. The molecule has 13 heavy (non-hydrogen) atoms. The zero-order valence-corrected chi connectivity index (χ0v) is 8.54. The van der Waals surface area contributed by atoms with Crippen LogP contribution in [0, 0.1) is 11.3 Å². The van der Waals surface area contributed by atoms with Crippen LogP contribution in [0.25, 0.3) is 0 Å². The molecule has 0 aromatic rings. The van der Waals surface area contributed by atoms with Crippen molar-refractivity contribution in [3.8, 4) is 0 Å². The van der Waals surface area contributed by atoms with Crippen molar-refractivity contribution in [2.45, 2.75) is 33.3 Å². The van der Waals surface area contributed by atoms with Crippen molar-refractivity contribution in [3.63, 3.8) is 0 Å². The summed E-state index contributed by atoms with van der Waals surface area (Å²) < 4.78 is 4.97. The number of hydrogen-bond acceptors (Lipinski definition) is 3. The van der Waals surface area contributed by atoms with Gasteiger partial charge in [0.15, 0.2) is 5.78 Å². The average molecular weight is 186 g/mol. The van der Waals surface area contributed by atoms with Gasteiger partial charge in [0.25, 0.3) is 0 Å². The molecule has 0 bridgehead atoms. The number of rotatable bonds is 3. The summed E-state index contributed by atoms with van der Waals surface area (Å²) in [7, 11) is 0. The number of ether oxygens (including phenoxy) is 1. The van der Waals surface area contributed by atoms with Crippen LogP contribution in [0.4, 0.5) is 0 Å². The van der Waals surface area contributed by atoms with Crippen LogP contribution in [0.15, 0.2) is 0 Å². The first kappa shape index (κ1) is 10.7. The Kier molecular flexibility index (Phi) is 3.09. The van der Waals surface area contributed by atoms with Gasteiger partial charge in [-0.2, -0.15) is 0 Å². The predicted molar refractivity (Wildman–Crippen MR) is 49.4 cm³/mol. The highest BCUT2D eigenvalue weighted by Crippen LogP contribution is 2.23. The van der Waals surface area contributed by atoms with E-state index in [0.29, 0.717) is 25.6 Å². The van der Waals surface area contributed by atoms with Crippen LogP contribution in [0.5, 0.6) is 0 Å². The van der Waals surface area contributed by atoms with Crippen LogP contribution in [-0.2, 0) is 9.53 Å². The van der Waals surface area contributed by atoms with Gasteiger partial charge in [-0.3, -0.25) is 4.79 Å². The van der Waals surface area contributed by atoms with Crippen molar-refractivity contribution in [2.75, 3.05) is 13.2 Å². The molecule has 1 aliphatic heterocycles. The van der Waals surface area contributed by atoms with Gasteiger partial charge < -0.3 is 9.84 Å². The van der Waals surface area contributed by atoms with Crippen LogP contribution >= 0.6 is 0 Å². The van der Waals surface area contributed by atoms with Gasteiger partial charge in [-0.05, 0) is 5.41 Å². The third kappa shape index (κ3) is 2.78. The molecule has 1 saturated heterocycles. The van der Waals surface area contributed by atoms with E-state index in [1.54, 1.807) is 0 Å². The zero-order chi connectivity index (χ0) is 10.1. The molecule has 0 saturated carbocycles. The number of aliphatic hydroxyl groups is 1. The molecule has 0 aromatic carbocycles. The Morgan fingerprint density at radius 2 is 2.08 bits per heavy atom. The average Bonchev–Trinajstić information content (AvgIpc) is 1.93. The molecule has 3 nitrogen and oxygen atoms in total. The lowest BCUT2D eigenvalue weighted by Gasteiger charge is -2.29. The Balaban J connectivity index is 2.37. The summed E-state index contributed by atoms with van der Waals surface area (Å²) in [5.74, 6) is 0.283. The van der Waals surface area contributed by atoms with Gasteiger partial charge in [0, 0.05) is 12.3 Å². The fourth-order valence-electron chi connectivity index (χ4n) is 1.28. The van der Waals surface area contributed by atoms with E-state index in [1.165, 1.54) is 0 Å². The predicted octanol–water partition coefficient (Wildman–Crippen LogP) is 0.999. The van der Waals surface area contributed by atoms with Gasteiger partial charge in [-0.1, -0.05) is 20.8 Å². The zero-order valence-electron chi connectivity index (χ0n) is 8.54. The molecule has 0 radical (unpaired) electrons. The second-order valence-electron chi connectivity index (χ2n) is 4.84. The van der Waals surface area contributed by atoms with Crippen molar-refractivity contribution < 1.29 is 14.6 Å². The molecular formula is C10H18O3. The summed E-state index contributed by atoms with van der Waals surface area (Å²) in [6, 6.07) is 0. The molecule has 0 spiro atoms. The fourth-order valence-corrected chi connectivity index (χ4v) is 1.28. The second-order valence-corrected chi connectivity index (χ2v) is 4.84. The number of carbonyl (C=O) groups excluding carboxylic acids is 1. The first-order valence-corrected chi connectivity index (χ1v) is 4.70. The van der Waals surface area contributed by atoms with Gasteiger partial charge in [0.2, 0.25) is 0 Å². The molecule has 0 amide bonds. The van der Waals surface area contributed by atoms with Crippen molar-refractivity contribution in [2.24, 2.45) is 11.3 Å². The van der Waals surface area contributed by atoms with E-state index in [1.807, 2.05) is 20.8 Å². The number of ketones is 1. The summed E-state index contributed by atoms with van der Waals surface area (Å²) in [4.78, 5) is 11.5. The van der Waals surface area contributed by atoms with Crippen molar-refractivity contribution in [1.82, 2.24) is 0 Å². The van der Waals surface area contributed by atoms with Gasteiger partial charge in [0.05, 0.1) is 13.2 Å². The molecule has 1 N–H and O–H groups in total. The van der Waals surface area contributed by atoms with Crippen LogP contribution < -0.4 is 0 Å². The summed E-state index contributed by atoms with van der Waals surface area (Å²) in [5.41, 5.74) is -0.346. The molecule has 1 rings (SSSR count). The molecule has 3 heteroatoms. The molecular weight excluding hydrogens is 168 g/mol. The molecule has 0 aromatic heterocycles. The maximum atomic E-state index is 11.5. The maximum absolute atomic E-state index is 11.5. The minimum Gasteiger partial charge on any atom is -0.385 e. The third-order valence-corrected chi connectivity index (χ3v) is 2.32. The summed E-state index contributed by atoms with van der Waals surface area (Å²) >= 11 is 0. The monoisotopic (exact) mass is 186 g/mol.